The van der Waals surface area contributed by atoms with E-state index in [0.717, 1.165) is 4.90 Å². The van der Waals surface area contributed by atoms with Gasteiger partial charge in [-0.15, -0.1) is 0 Å². The third kappa shape index (κ3) is 12.4. The lowest BCUT2D eigenvalue weighted by atomic mass is 10.0. The monoisotopic (exact) mass is 564 g/mol. The zero-order valence-corrected chi connectivity index (χ0v) is 24.3. The van der Waals surface area contributed by atoms with E-state index in [0.29, 0.717) is 32.4 Å². The Labute approximate surface area is 235 Å². The van der Waals surface area contributed by atoms with Crippen LogP contribution < -0.4 is 26.6 Å². The summed E-state index contributed by atoms with van der Waals surface area (Å²) in [5, 5.41) is 12.9. The van der Waals surface area contributed by atoms with Crippen LogP contribution in [0, 0.1) is 11.8 Å². The van der Waals surface area contributed by atoms with Gasteiger partial charge in [-0.25, -0.2) is 0 Å². The molecule has 0 fully saturated rings. The van der Waals surface area contributed by atoms with E-state index in [-0.39, 0.29) is 48.4 Å². The zero-order valence-electron chi connectivity index (χ0n) is 24.3. The lowest BCUT2D eigenvalue weighted by Crippen LogP contribution is -2.57. The van der Waals surface area contributed by atoms with Crippen molar-refractivity contribution in [1.29, 1.82) is 0 Å². The van der Waals surface area contributed by atoms with Crippen molar-refractivity contribution in [3.63, 3.8) is 0 Å². The minimum atomic E-state index is -0.976. The summed E-state index contributed by atoms with van der Waals surface area (Å²) in [7, 11) is 0. The summed E-state index contributed by atoms with van der Waals surface area (Å²) >= 11 is 0. The number of nitrogens with one attached hydrogen (secondary N) is 5. The number of hydrogen-bond acceptors (Lipinski definition) is 7. The second kappa shape index (κ2) is 17.0. The van der Waals surface area contributed by atoms with Crippen LogP contribution in [-0.4, -0.2) is 84.0 Å². The number of carbonyl (C=O) groups is 7. The van der Waals surface area contributed by atoms with Crippen molar-refractivity contribution in [2.24, 2.45) is 11.8 Å². The van der Waals surface area contributed by atoms with E-state index < -0.39 is 35.8 Å². The average molecular weight is 565 g/mol. The van der Waals surface area contributed by atoms with Crippen LogP contribution in [0.3, 0.4) is 0 Å². The van der Waals surface area contributed by atoms with E-state index in [9.17, 15) is 33.6 Å². The highest BCUT2D eigenvalue weighted by Crippen LogP contribution is 2.08. The maximum atomic E-state index is 12.7. The summed E-state index contributed by atoms with van der Waals surface area (Å²) in [6.07, 6.45) is 4.33. The molecule has 3 atom stereocenters. The van der Waals surface area contributed by atoms with Gasteiger partial charge in [0, 0.05) is 31.7 Å². The number of amides is 7. The molecule has 0 spiro atoms. The summed E-state index contributed by atoms with van der Waals surface area (Å²) in [5.41, 5.74) is 0. The first-order valence-electron chi connectivity index (χ1n) is 13.7. The number of carbonyl (C=O) groups excluding carboxylic acids is 7. The van der Waals surface area contributed by atoms with Gasteiger partial charge in [-0.1, -0.05) is 34.1 Å². The molecule has 0 aromatic heterocycles. The molecule has 1 aliphatic heterocycles. The molecular formula is C27H44N6O7. The average Bonchev–Trinajstić information content (AvgIpc) is 3.20. The molecule has 40 heavy (non-hydrogen) atoms. The van der Waals surface area contributed by atoms with Crippen molar-refractivity contribution in [3.05, 3.63) is 12.2 Å². The van der Waals surface area contributed by atoms with Crippen molar-refractivity contribution >= 4 is 41.4 Å². The summed E-state index contributed by atoms with van der Waals surface area (Å²) < 4.78 is 0. The SMILES string of the molecule is CC(C)CNC(=O)[C@H](C)NC(=O)[C@@H](NC(=O)[C@H](C)NC(=O)CNC(=O)CCCCCN1C(=O)C=CC1=O)C(C)C. The standard InChI is InChI=1S/C27H44N6O7/c1-16(2)14-29-25(38)18(5)31-27(40)24(17(3)4)32-26(39)19(6)30-21(35)15-28-20(34)10-8-7-9-13-33-22(36)11-12-23(33)37/h11-12,16-19,24H,7-10,13-15H2,1-6H3,(H,28,34)(H,29,38)(H,30,35)(H,31,40)(H,32,39)/t18-,19-,24-/m0/s1. The molecule has 7 amide bonds. The highest BCUT2D eigenvalue weighted by molar-refractivity contribution is 6.12. The lowest BCUT2D eigenvalue weighted by Gasteiger charge is -2.25. The van der Waals surface area contributed by atoms with E-state index in [1.807, 2.05) is 13.8 Å². The maximum absolute atomic E-state index is 12.7. The van der Waals surface area contributed by atoms with E-state index in [4.69, 9.17) is 0 Å². The van der Waals surface area contributed by atoms with E-state index in [1.165, 1.54) is 19.1 Å². The molecule has 0 bridgehead atoms. The quantitative estimate of drug-likeness (QED) is 0.117. The van der Waals surface area contributed by atoms with Crippen LogP contribution in [-0.2, 0) is 33.6 Å². The van der Waals surface area contributed by atoms with Gasteiger partial charge in [-0.3, -0.25) is 38.5 Å². The van der Waals surface area contributed by atoms with Gasteiger partial charge in [0.25, 0.3) is 11.8 Å². The van der Waals surface area contributed by atoms with E-state index in [1.54, 1.807) is 20.8 Å². The molecule has 0 aromatic carbocycles. The molecule has 1 aliphatic rings. The third-order valence-electron chi connectivity index (χ3n) is 6.09. The topological polar surface area (TPSA) is 183 Å². The fourth-order valence-corrected chi connectivity index (χ4v) is 3.65. The molecule has 0 saturated carbocycles. The minimum absolute atomic E-state index is 0.169. The van der Waals surface area contributed by atoms with Crippen molar-refractivity contribution in [3.8, 4) is 0 Å². The molecule has 224 valence electrons. The molecule has 0 saturated heterocycles. The Morgan fingerprint density at radius 2 is 1.30 bits per heavy atom. The van der Waals surface area contributed by atoms with Crippen molar-refractivity contribution in [1.82, 2.24) is 31.5 Å². The van der Waals surface area contributed by atoms with Crippen LogP contribution in [0.4, 0.5) is 0 Å². The number of hydrogen-bond donors (Lipinski definition) is 5. The summed E-state index contributed by atoms with van der Waals surface area (Å²) in [6.45, 7) is 10.9. The molecule has 13 nitrogen and oxygen atoms in total. The van der Waals surface area contributed by atoms with Gasteiger partial charge in [0.2, 0.25) is 29.5 Å². The van der Waals surface area contributed by atoms with Crippen LogP contribution in [0.1, 0.15) is 67.2 Å². The Hall–Kier alpha value is -3.77. The van der Waals surface area contributed by atoms with Crippen LogP contribution in [0.5, 0.6) is 0 Å². The van der Waals surface area contributed by atoms with Crippen LogP contribution >= 0.6 is 0 Å². The molecule has 0 radical (unpaired) electrons. The van der Waals surface area contributed by atoms with Crippen molar-refractivity contribution in [2.75, 3.05) is 19.6 Å². The second-order valence-electron chi connectivity index (χ2n) is 10.6. The number of nitrogens with zero attached hydrogens (tertiary/aromatic N) is 1. The Bertz CT molecular complexity index is 960. The normalized spacial score (nSPS) is 15.1. The largest absolute Gasteiger partial charge is 0.354 e. The van der Waals surface area contributed by atoms with Gasteiger partial charge in [0.05, 0.1) is 6.54 Å². The fourth-order valence-electron chi connectivity index (χ4n) is 3.65. The molecule has 1 rings (SSSR count). The number of unbranched alkanes of at least 4 members (excludes halogenated alkanes) is 2. The molecule has 0 aliphatic carbocycles. The first-order valence-corrected chi connectivity index (χ1v) is 13.7. The zero-order chi connectivity index (χ0) is 30.4. The molecule has 0 unspecified atom stereocenters. The Morgan fingerprint density at radius 1 is 0.700 bits per heavy atom. The van der Waals surface area contributed by atoms with Gasteiger partial charge in [0.1, 0.15) is 18.1 Å². The van der Waals surface area contributed by atoms with Crippen molar-refractivity contribution in [2.45, 2.75) is 85.4 Å². The highest BCUT2D eigenvalue weighted by Gasteiger charge is 2.29. The highest BCUT2D eigenvalue weighted by atomic mass is 16.2. The molecule has 1 heterocycles. The van der Waals surface area contributed by atoms with Crippen LogP contribution in [0.15, 0.2) is 12.2 Å². The predicted molar refractivity (Wildman–Crippen MR) is 147 cm³/mol. The van der Waals surface area contributed by atoms with Gasteiger partial charge in [0.15, 0.2) is 0 Å². The Balaban J connectivity index is 2.37. The third-order valence-corrected chi connectivity index (χ3v) is 6.09. The number of rotatable bonds is 17. The molecule has 5 N–H and O–H groups in total. The summed E-state index contributed by atoms with van der Waals surface area (Å²) in [6, 6.07) is -2.69. The maximum Gasteiger partial charge on any atom is 0.253 e. The Kier molecular flexibility index (Phi) is 14.6. The second-order valence-corrected chi connectivity index (χ2v) is 10.6. The van der Waals surface area contributed by atoms with Gasteiger partial charge >= 0.3 is 0 Å². The van der Waals surface area contributed by atoms with E-state index in [2.05, 4.69) is 26.6 Å². The Morgan fingerprint density at radius 3 is 1.88 bits per heavy atom. The minimum Gasteiger partial charge on any atom is -0.354 e. The van der Waals surface area contributed by atoms with Crippen LogP contribution in [0.2, 0.25) is 0 Å². The van der Waals surface area contributed by atoms with Gasteiger partial charge < -0.3 is 26.6 Å². The first-order chi connectivity index (χ1) is 18.7. The van der Waals surface area contributed by atoms with Crippen molar-refractivity contribution < 1.29 is 33.6 Å². The smallest absolute Gasteiger partial charge is 0.253 e. The van der Waals surface area contributed by atoms with Gasteiger partial charge in [-0.2, -0.15) is 0 Å². The van der Waals surface area contributed by atoms with Crippen LogP contribution in [0.25, 0.3) is 0 Å². The summed E-state index contributed by atoms with van der Waals surface area (Å²) in [4.78, 5) is 86.0. The lowest BCUT2D eigenvalue weighted by molar-refractivity contribution is -0.137. The predicted octanol–water partition coefficient (Wildman–Crippen LogP) is -0.490. The van der Waals surface area contributed by atoms with E-state index >= 15 is 0 Å². The molecule has 0 aromatic rings. The number of imide groups is 1. The molecular weight excluding hydrogens is 520 g/mol. The molecule has 13 heteroatoms. The first kappa shape index (κ1) is 34.3. The summed E-state index contributed by atoms with van der Waals surface area (Å²) in [5.74, 6) is -3.05. The van der Waals surface area contributed by atoms with Gasteiger partial charge in [-0.05, 0) is 38.5 Å². The fraction of sp³-hybridized carbons (Fsp3) is 0.667.